The number of aromatic nitrogens is 2. The molecule has 0 spiro atoms. The normalized spacial score (nSPS) is 13.9. The summed E-state index contributed by atoms with van der Waals surface area (Å²) in [6, 6.07) is 1.49. The standard InChI is InChI=1S/C25H28F2N6O2/c1-4-6-7-10-29-13-16(5-2)31-23-22(32-21(14-30-23)15-8-9-15)25(35)33-20-12-19(27)18(26)11-17(20)24(34)28-3/h5,7,10-15H,4,6,8-9H2,1-3H3,(H,28,34)(H,30,31)(H,33,35)/b10-7+,16-5+,29-13+. The van der Waals surface area contributed by atoms with Crippen molar-refractivity contribution in [3.63, 3.8) is 0 Å². The van der Waals surface area contributed by atoms with Gasteiger partial charge < -0.3 is 16.0 Å². The number of hydrogen-bond donors (Lipinski definition) is 3. The predicted molar refractivity (Wildman–Crippen MR) is 132 cm³/mol. The second kappa shape index (κ2) is 12.0. The summed E-state index contributed by atoms with van der Waals surface area (Å²) in [5.41, 5.74) is 0.784. The third-order valence-electron chi connectivity index (χ3n) is 5.22. The van der Waals surface area contributed by atoms with Crippen LogP contribution in [0.2, 0.25) is 0 Å². The molecule has 1 aliphatic rings. The smallest absolute Gasteiger partial charge is 0.278 e. The van der Waals surface area contributed by atoms with E-state index in [0.29, 0.717) is 11.4 Å². The number of halogens is 2. The van der Waals surface area contributed by atoms with Crippen LogP contribution in [-0.4, -0.2) is 35.0 Å². The third-order valence-corrected chi connectivity index (χ3v) is 5.22. The lowest BCUT2D eigenvalue weighted by molar-refractivity contribution is 0.0963. The summed E-state index contributed by atoms with van der Waals surface area (Å²) < 4.78 is 27.7. The molecular weight excluding hydrogens is 454 g/mol. The molecule has 1 fully saturated rings. The van der Waals surface area contributed by atoms with Gasteiger partial charge in [-0.3, -0.25) is 14.6 Å². The van der Waals surface area contributed by atoms with Crippen molar-refractivity contribution >= 4 is 29.5 Å². The Morgan fingerprint density at radius 2 is 1.91 bits per heavy atom. The Morgan fingerprint density at radius 3 is 2.57 bits per heavy atom. The van der Waals surface area contributed by atoms with E-state index in [1.54, 1.807) is 31.6 Å². The van der Waals surface area contributed by atoms with Crippen LogP contribution in [0.5, 0.6) is 0 Å². The van der Waals surface area contributed by atoms with E-state index in [1.807, 2.05) is 6.08 Å². The van der Waals surface area contributed by atoms with Gasteiger partial charge in [0, 0.05) is 31.4 Å². The number of anilines is 2. The number of allylic oxidation sites excluding steroid dienone is 3. The van der Waals surface area contributed by atoms with E-state index < -0.39 is 23.4 Å². The van der Waals surface area contributed by atoms with Crippen molar-refractivity contribution in [3.05, 3.63) is 71.0 Å². The first kappa shape index (κ1) is 25.7. The first-order chi connectivity index (χ1) is 16.9. The van der Waals surface area contributed by atoms with Crippen LogP contribution in [0.4, 0.5) is 20.3 Å². The highest BCUT2D eigenvalue weighted by Crippen LogP contribution is 2.39. The molecule has 1 heterocycles. The highest BCUT2D eigenvalue weighted by Gasteiger charge is 2.28. The van der Waals surface area contributed by atoms with Crippen molar-refractivity contribution in [3.8, 4) is 0 Å². The van der Waals surface area contributed by atoms with Gasteiger partial charge in [-0.1, -0.05) is 25.5 Å². The molecule has 1 aliphatic carbocycles. The van der Waals surface area contributed by atoms with Gasteiger partial charge in [-0.15, -0.1) is 0 Å². The molecule has 1 aromatic carbocycles. The zero-order valence-corrected chi connectivity index (χ0v) is 19.9. The van der Waals surface area contributed by atoms with Crippen LogP contribution >= 0.6 is 0 Å². The topological polar surface area (TPSA) is 108 Å². The molecule has 0 unspecified atom stereocenters. The van der Waals surface area contributed by atoms with Gasteiger partial charge in [-0.05, 0) is 32.3 Å². The second-order valence-electron chi connectivity index (χ2n) is 7.93. The van der Waals surface area contributed by atoms with Gasteiger partial charge in [-0.25, -0.2) is 18.7 Å². The van der Waals surface area contributed by atoms with Gasteiger partial charge in [0.2, 0.25) is 0 Å². The molecule has 3 rings (SSSR count). The van der Waals surface area contributed by atoms with Gasteiger partial charge in [-0.2, -0.15) is 0 Å². The third kappa shape index (κ3) is 6.78. The average molecular weight is 483 g/mol. The van der Waals surface area contributed by atoms with Gasteiger partial charge in [0.05, 0.1) is 28.8 Å². The Bertz CT molecular complexity index is 1190. The number of aliphatic imine (C=N–C) groups is 1. The van der Waals surface area contributed by atoms with Crippen LogP contribution in [0.3, 0.4) is 0 Å². The maximum atomic E-state index is 13.9. The minimum Gasteiger partial charge on any atom is -0.355 e. The summed E-state index contributed by atoms with van der Waals surface area (Å²) in [7, 11) is 1.35. The molecule has 0 radical (unpaired) electrons. The van der Waals surface area contributed by atoms with E-state index in [-0.39, 0.29) is 28.7 Å². The van der Waals surface area contributed by atoms with Gasteiger partial charge in [0.25, 0.3) is 11.8 Å². The lowest BCUT2D eigenvalue weighted by Crippen LogP contribution is -2.23. The number of hydrogen-bond acceptors (Lipinski definition) is 6. The molecule has 0 bridgehead atoms. The van der Waals surface area contributed by atoms with Gasteiger partial charge in [0.1, 0.15) is 0 Å². The van der Waals surface area contributed by atoms with Crippen molar-refractivity contribution in [2.75, 3.05) is 17.7 Å². The minimum absolute atomic E-state index is 0.0451. The van der Waals surface area contributed by atoms with Crippen LogP contribution < -0.4 is 16.0 Å². The average Bonchev–Trinajstić information content (AvgIpc) is 3.70. The SMILES string of the molecule is C\C=C(/C=N/C=C/CCC)Nc1ncc(C2CC2)nc1C(=O)Nc1cc(F)c(F)cc1C(=O)NC. The predicted octanol–water partition coefficient (Wildman–Crippen LogP) is 4.94. The quantitative estimate of drug-likeness (QED) is 0.416. The molecular formula is C25H28F2N6O2. The van der Waals surface area contributed by atoms with E-state index >= 15 is 0 Å². The number of carbonyl (C=O) groups excluding carboxylic acids is 2. The van der Waals surface area contributed by atoms with E-state index in [2.05, 4.69) is 37.8 Å². The van der Waals surface area contributed by atoms with E-state index in [9.17, 15) is 18.4 Å². The number of carbonyl (C=O) groups is 2. The van der Waals surface area contributed by atoms with Crippen molar-refractivity contribution < 1.29 is 18.4 Å². The molecule has 1 aromatic heterocycles. The fraction of sp³-hybridized carbons (Fsp3) is 0.320. The molecule has 184 valence electrons. The highest BCUT2D eigenvalue weighted by atomic mass is 19.2. The van der Waals surface area contributed by atoms with Crippen molar-refractivity contribution in [2.24, 2.45) is 4.99 Å². The molecule has 2 aromatic rings. The zero-order valence-electron chi connectivity index (χ0n) is 19.9. The minimum atomic E-state index is -1.20. The Morgan fingerprint density at radius 1 is 1.17 bits per heavy atom. The van der Waals surface area contributed by atoms with Crippen molar-refractivity contribution in [1.82, 2.24) is 15.3 Å². The summed E-state index contributed by atoms with van der Waals surface area (Å²) in [5.74, 6) is -3.43. The van der Waals surface area contributed by atoms with Crippen molar-refractivity contribution in [1.29, 1.82) is 0 Å². The van der Waals surface area contributed by atoms with Crippen molar-refractivity contribution in [2.45, 2.75) is 45.4 Å². The fourth-order valence-corrected chi connectivity index (χ4v) is 3.12. The fourth-order valence-electron chi connectivity index (χ4n) is 3.12. The lowest BCUT2D eigenvalue weighted by atomic mass is 10.1. The number of amides is 2. The summed E-state index contributed by atoms with van der Waals surface area (Å²) in [5, 5.41) is 7.87. The Balaban J connectivity index is 1.92. The number of rotatable bonds is 10. The summed E-state index contributed by atoms with van der Waals surface area (Å²) >= 11 is 0. The molecule has 3 N–H and O–H groups in total. The maximum absolute atomic E-state index is 13.9. The van der Waals surface area contributed by atoms with Crippen LogP contribution in [-0.2, 0) is 0 Å². The molecule has 0 aliphatic heterocycles. The first-order valence-corrected chi connectivity index (χ1v) is 11.4. The highest BCUT2D eigenvalue weighted by molar-refractivity contribution is 6.10. The Hall–Kier alpha value is -3.95. The maximum Gasteiger partial charge on any atom is 0.278 e. The number of benzene rings is 1. The largest absolute Gasteiger partial charge is 0.355 e. The number of nitrogens with one attached hydrogen (secondary N) is 3. The number of unbranched alkanes of at least 4 members (excludes halogenated alkanes) is 1. The molecule has 0 atom stereocenters. The first-order valence-electron chi connectivity index (χ1n) is 11.4. The second-order valence-corrected chi connectivity index (χ2v) is 7.93. The zero-order chi connectivity index (χ0) is 25.4. The summed E-state index contributed by atoms with van der Waals surface area (Å²) in [4.78, 5) is 38.5. The van der Waals surface area contributed by atoms with E-state index in [4.69, 9.17) is 0 Å². The van der Waals surface area contributed by atoms with E-state index in [1.165, 1.54) is 7.05 Å². The molecule has 10 heteroatoms. The summed E-state index contributed by atoms with van der Waals surface area (Å²) in [6.45, 7) is 3.87. The summed E-state index contributed by atoms with van der Waals surface area (Å²) in [6.07, 6.45) is 12.4. The van der Waals surface area contributed by atoms with Gasteiger partial charge >= 0.3 is 0 Å². The van der Waals surface area contributed by atoms with Gasteiger partial charge in [0.15, 0.2) is 23.1 Å². The van der Waals surface area contributed by atoms with E-state index in [0.717, 1.165) is 37.8 Å². The molecule has 8 nitrogen and oxygen atoms in total. The van der Waals surface area contributed by atoms with Crippen LogP contribution in [0.15, 0.2) is 47.4 Å². The molecule has 0 saturated heterocycles. The van der Waals surface area contributed by atoms with Crippen LogP contribution in [0.25, 0.3) is 0 Å². The monoisotopic (exact) mass is 482 g/mol. The van der Waals surface area contributed by atoms with Crippen LogP contribution in [0.1, 0.15) is 72.0 Å². The molecule has 1 saturated carbocycles. The molecule has 2 amide bonds. The number of nitrogens with zero attached hydrogens (tertiary/aromatic N) is 3. The Kier molecular flexibility index (Phi) is 8.77. The Labute approximate surface area is 202 Å². The van der Waals surface area contributed by atoms with Crippen LogP contribution in [0, 0.1) is 11.6 Å². The molecule has 35 heavy (non-hydrogen) atoms. The lowest BCUT2D eigenvalue weighted by Gasteiger charge is -2.14.